The van der Waals surface area contributed by atoms with Crippen molar-refractivity contribution in [3.8, 4) is 5.75 Å². The third-order valence-corrected chi connectivity index (χ3v) is 4.44. The van der Waals surface area contributed by atoms with E-state index in [1.807, 2.05) is 6.07 Å². The molecule has 23 heavy (non-hydrogen) atoms. The van der Waals surface area contributed by atoms with Gasteiger partial charge in [0.05, 0.1) is 17.6 Å². The highest BCUT2D eigenvalue weighted by atomic mass is 16.5. The summed E-state index contributed by atoms with van der Waals surface area (Å²) < 4.78 is 7.83. The maximum Gasteiger partial charge on any atom is 0.122 e. The molecule has 0 spiro atoms. The first-order chi connectivity index (χ1) is 11.3. The number of rotatable bonds is 5. The normalized spacial score (nSPS) is 13.3. The topological polar surface area (TPSA) is 39.1 Å². The Morgan fingerprint density at radius 2 is 2.13 bits per heavy atom. The Balaban J connectivity index is 1.37. The Morgan fingerprint density at radius 3 is 3.09 bits per heavy atom. The van der Waals surface area contributed by atoms with Crippen molar-refractivity contribution in [1.82, 2.24) is 14.9 Å². The SMILES string of the molecule is Cc1nc2ccccc2n1CCNCc1ccc2c(c1)CCO2. The molecular weight excluding hydrogens is 286 g/mol. The van der Waals surface area contributed by atoms with Gasteiger partial charge in [0.15, 0.2) is 0 Å². The Morgan fingerprint density at radius 1 is 1.22 bits per heavy atom. The lowest BCUT2D eigenvalue weighted by molar-refractivity contribution is 0.357. The average Bonchev–Trinajstić information content (AvgIpc) is 3.15. The molecule has 1 N–H and O–H groups in total. The first-order valence-electron chi connectivity index (χ1n) is 8.18. The lowest BCUT2D eigenvalue weighted by Crippen LogP contribution is -2.20. The van der Waals surface area contributed by atoms with E-state index in [9.17, 15) is 0 Å². The number of aryl methyl sites for hydroxylation is 1. The van der Waals surface area contributed by atoms with Crippen molar-refractivity contribution < 1.29 is 4.74 Å². The number of imidazole rings is 1. The van der Waals surface area contributed by atoms with E-state index in [-0.39, 0.29) is 0 Å². The van der Waals surface area contributed by atoms with Crippen LogP contribution in [0, 0.1) is 6.92 Å². The molecule has 4 rings (SSSR count). The van der Waals surface area contributed by atoms with Gasteiger partial charge in [-0.3, -0.25) is 0 Å². The molecule has 4 nitrogen and oxygen atoms in total. The van der Waals surface area contributed by atoms with Crippen LogP contribution in [0.2, 0.25) is 0 Å². The highest BCUT2D eigenvalue weighted by Gasteiger charge is 2.11. The monoisotopic (exact) mass is 307 g/mol. The van der Waals surface area contributed by atoms with Gasteiger partial charge in [0.1, 0.15) is 11.6 Å². The maximum absolute atomic E-state index is 5.55. The largest absolute Gasteiger partial charge is 0.493 e. The number of para-hydroxylation sites is 2. The zero-order valence-corrected chi connectivity index (χ0v) is 13.4. The van der Waals surface area contributed by atoms with Crippen molar-refractivity contribution in [3.05, 3.63) is 59.4 Å². The number of aromatic nitrogens is 2. The molecule has 1 aromatic heterocycles. The first kappa shape index (κ1) is 14.3. The lowest BCUT2D eigenvalue weighted by Gasteiger charge is -2.09. The molecule has 2 heterocycles. The van der Waals surface area contributed by atoms with E-state index >= 15 is 0 Å². The molecular formula is C19H21N3O. The van der Waals surface area contributed by atoms with Gasteiger partial charge in [-0.2, -0.15) is 0 Å². The second-order valence-corrected chi connectivity index (χ2v) is 6.02. The van der Waals surface area contributed by atoms with E-state index in [0.29, 0.717) is 0 Å². The van der Waals surface area contributed by atoms with Gasteiger partial charge in [-0.05, 0) is 36.2 Å². The molecule has 0 fully saturated rings. The fourth-order valence-electron chi connectivity index (χ4n) is 3.25. The molecule has 0 unspecified atom stereocenters. The molecule has 0 atom stereocenters. The molecule has 0 saturated heterocycles. The summed E-state index contributed by atoms with van der Waals surface area (Å²) in [5, 5.41) is 3.53. The summed E-state index contributed by atoms with van der Waals surface area (Å²) in [6.07, 6.45) is 1.03. The van der Waals surface area contributed by atoms with Gasteiger partial charge in [-0.1, -0.05) is 24.3 Å². The van der Waals surface area contributed by atoms with Crippen LogP contribution < -0.4 is 10.1 Å². The van der Waals surface area contributed by atoms with Crippen molar-refractivity contribution in [1.29, 1.82) is 0 Å². The van der Waals surface area contributed by atoms with Crippen molar-refractivity contribution in [2.75, 3.05) is 13.2 Å². The summed E-state index contributed by atoms with van der Waals surface area (Å²) in [6, 6.07) is 14.8. The summed E-state index contributed by atoms with van der Waals surface area (Å²) in [6.45, 7) is 5.63. The Kier molecular flexibility index (Phi) is 3.75. The van der Waals surface area contributed by atoms with Gasteiger partial charge < -0.3 is 14.6 Å². The molecule has 0 radical (unpaired) electrons. The number of nitrogens with zero attached hydrogens (tertiary/aromatic N) is 2. The molecule has 0 bridgehead atoms. The van der Waals surface area contributed by atoms with Gasteiger partial charge in [0.2, 0.25) is 0 Å². The van der Waals surface area contributed by atoms with Gasteiger partial charge >= 0.3 is 0 Å². The number of ether oxygens (including phenoxy) is 1. The average molecular weight is 307 g/mol. The van der Waals surface area contributed by atoms with Gasteiger partial charge in [0, 0.05) is 26.1 Å². The summed E-state index contributed by atoms with van der Waals surface area (Å²) >= 11 is 0. The third-order valence-electron chi connectivity index (χ3n) is 4.44. The highest BCUT2D eigenvalue weighted by Crippen LogP contribution is 2.25. The Hall–Kier alpha value is -2.33. The number of fused-ring (bicyclic) bond motifs is 2. The fraction of sp³-hybridized carbons (Fsp3) is 0.316. The quantitative estimate of drug-likeness (QED) is 0.736. The summed E-state index contributed by atoms with van der Waals surface area (Å²) in [4.78, 5) is 4.61. The Labute approximate surface area is 136 Å². The van der Waals surface area contributed by atoms with Crippen LogP contribution in [0.3, 0.4) is 0 Å². The lowest BCUT2D eigenvalue weighted by atomic mass is 10.1. The van der Waals surface area contributed by atoms with Crippen LogP contribution in [0.4, 0.5) is 0 Å². The molecule has 0 saturated carbocycles. The van der Waals surface area contributed by atoms with Gasteiger partial charge in [0.25, 0.3) is 0 Å². The van der Waals surface area contributed by atoms with E-state index in [4.69, 9.17) is 4.74 Å². The standard InChI is InChI=1S/C19H21N3O/c1-14-21-17-4-2-3-5-18(17)22(14)10-9-20-13-15-6-7-19-16(12-15)8-11-23-19/h2-7,12,20H,8-11,13H2,1H3. The molecule has 4 heteroatoms. The first-order valence-corrected chi connectivity index (χ1v) is 8.18. The van der Waals surface area contributed by atoms with Crippen LogP contribution >= 0.6 is 0 Å². The zero-order valence-electron chi connectivity index (χ0n) is 13.4. The second-order valence-electron chi connectivity index (χ2n) is 6.02. The van der Waals surface area contributed by atoms with Crippen LogP contribution in [-0.2, 0) is 19.5 Å². The molecule has 1 aliphatic rings. The zero-order chi connectivity index (χ0) is 15.6. The van der Waals surface area contributed by atoms with Gasteiger partial charge in [-0.15, -0.1) is 0 Å². The molecule has 3 aromatic rings. The predicted molar refractivity (Wildman–Crippen MR) is 91.8 cm³/mol. The van der Waals surface area contributed by atoms with Crippen molar-refractivity contribution in [3.63, 3.8) is 0 Å². The number of hydrogen-bond donors (Lipinski definition) is 1. The molecule has 2 aromatic carbocycles. The minimum absolute atomic E-state index is 0.819. The molecule has 0 amide bonds. The van der Waals surface area contributed by atoms with E-state index in [1.165, 1.54) is 16.6 Å². The Bertz CT molecular complexity index is 838. The molecule has 118 valence electrons. The van der Waals surface area contributed by atoms with Crippen LogP contribution in [-0.4, -0.2) is 22.7 Å². The highest BCUT2D eigenvalue weighted by molar-refractivity contribution is 5.75. The van der Waals surface area contributed by atoms with E-state index in [0.717, 1.165) is 49.8 Å². The van der Waals surface area contributed by atoms with Crippen LogP contribution in [0.15, 0.2) is 42.5 Å². The van der Waals surface area contributed by atoms with Crippen molar-refractivity contribution >= 4 is 11.0 Å². The molecule has 1 aliphatic heterocycles. The van der Waals surface area contributed by atoms with Crippen LogP contribution in [0.1, 0.15) is 17.0 Å². The second kappa shape index (κ2) is 6.05. The van der Waals surface area contributed by atoms with Crippen LogP contribution in [0.5, 0.6) is 5.75 Å². The summed E-state index contributed by atoms with van der Waals surface area (Å²) in [7, 11) is 0. The minimum atomic E-state index is 0.819. The van der Waals surface area contributed by atoms with E-state index < -0.39 is 0 Å². The summed E-state index contributed by atoms with van der Waals surface area (Å²) in [5.41, 5.74) is 4.94. The van der Waals surface area contributed by atoms with E-state index in [1.54, 1.807) is 0 Å². The fourth-order valence-corrected chi connectivity index (χ4v) is 3.25. The van der Waals surface area contributed by atoms with Crippen LogP contribution in [0.25, 0.3) is 11.0 Å². The maximum atomic E-state index is 5.55. The van der Waals surface area contributed by atoms with Gasteiger partial charge in [-0.25, -0.2) is 4.98 Å². The molecule has 0 aliphatic carbocycles. The summed E-state index contributed by atoms with van der Waals surface area (Å²) in [5.74, 6) is 2.12. The van der Waals surface area contributed by atoms with Crippen molar-refractivity contribution in [2.24, 2.45) is 0 Å². The van der Waals surface area contributed by atoms with Crippen molar-refractivity contribution in [2.45, 2.75) is 26.4 Å². The smallest absolute Gasteiger partial charge is 0.122 e. The number of benzene rings is 2. The van der Waals surface area contributed by atoms with E-state index in [2.05, 4.69) is 58.2 Å². The predicted octanol–water partition coefficient (Wildman–Crippen LogP) is 3.07. The number of hydrogen-bond acceptors (Lipinski definition) is 3. The minimum Gasteiger partial charge on any atom is -0.493 e. The number of nitrogens with one attached hydrogen (secondary N) is 1. The third kappa shape index (κ3) is 2.82.